The summed E-state index contributed by atoms with van der Waals surface area (Å²) in [4.78, 5) is 0. The van der Waals surface area contributed by atoms with Crippen LogP contribution in [0.15, 0.2) is 12.7 Å². The van der Waals surface area contributed by atoms with Crippen molar-refractivity contribution in [1.82, 2.24) is 0 Å². The van der Waals surface area contributed by atoms with E-state index in [4.69, 9.17) is 0 Å². The predicted molar refractivity (Wildman–Crippen MR) is 73.5 cm³/mol. The van der Waals surface area contributed by atoms with Crippen molar-refractivity contribution in [3.05, 3.63) is 12.7 Å². The Morgan fingerprint density at radius 1 is 1.19 bits per heavy atom. The number of hydrogen-bond acceptors (Lipinski definition) is 0. The van der Waals surface area contributed by atoms with Crippen LogP contribution in [0.4, 0.5) is 0 Å². The Labute approximate surface area is 103 Å². The highest BCUT2D eigenvalue weighted by Gasteiger charge is 2.23. The summed E-state index contributed by atoms with van der Waals surface area (Å²) >= 11 is 0. The summed E-state index contributed by atoms with van der Waals surface area (Å²) < 4.78 is 0. The smallest absolute Gasteiger partial charge is 0.0239 e. The second kappa shape index (κ2) is 7.14. The first-order valence-corrected chi connectivity index (χ1v) is 7.29. The fourth-order valence-electron chi connectivity index (χ4n) is 3.06. The molecule has 1 rings (SSSR count). The highest BCUT2D eigenvalue weighted by Crippen LogP contribution is 2.35. The van der Waals surface area contributed by atoms with Crippen LogP contribution in [0, 0.1) is 23.7 Å². The summed E-state index contributed by atoms with van der Waals surface area (Å²) in [6, 6.07) is 0. The third kappa shape index (κ3) is 4.31. The Morgan fingerprint density at radius 3 is 2.31 bits per heavy atom. The van der Waals surface area contributed by atoms with Crippen molar-refractivity contribution in [2.45, 2.75) is 65.7 Å². The zero-order chi connectivity index (χ0) is 12.0. The lowest BCUT2D eigenvalue weighted by molar-refractivity contribution is 0.209. The molecule has 0 N–H and O–H groups in total. The van der Waals surface area contributed by atoms with Gasteiger partial charge in [0.05, 0.1) is 0 Å². The third-order valence-electron chi connectivity index (χ3n) is 4.72. The summed E-state index contributed by atoms with van der Waals surface area (Å²) in [7, 11) is 0. The molecule has 0 aromatic heterocycles. The van der Waals surface area contributed by atoms with Gasteiger partial charge < -0.3 is 0 Å². The monoisotopic (exact) mass is 222 g/mol. The molecule has 0 aliphatic heterocycles. The number of hydrogen-bond donors (Lipinski definition) is 0. The molecule has 16 heavy (non-hydrogen) atoms. The lowest BCUT2D eigenvalue weighted by atomic mass is 9.75. The molecule has 0 spiro atoms. The van der Waals surface area contributed by atoms with E-state index in [-0.39, 0.29) is 0 Å². The zero-order valence-electron chi connectivity index (χ0n) is 11.5. The average molecular weight is 222 g/mol. The summed E-state index contributed by atoms with van der Waals surface area (Å²) in [6.45, 7) is 11.1. The first kappa shape index (κ1) is 13.8. The van der Waals surface area contributed by atoms with E-state index in [1.807, 2.05) is 0 Å². The largest absolute Gasteiger partial charge is 0.103 e. The summed E-state index contributed by atoms with van der Waals surface area (Å²) in [5.41, 5.74) is 0. The van der Waals surface area contributed by atoms with Gasteiger partial charge in [0, 0.05) is 0 Å². The first-order valence-electron chi connectivity index (χ1n) is 7.29. The van der Waals surface area contributed by atoms with Crippen LogP contribution >= 0.6 is 0 Å². The van der Waals surface area contributed by atoms with E-state index in [1.165, 1.54) is 44.9 Å². The number of rotatable bonds is 6. The molecule has 0 amide bonds. The quantitative estimate of drug-likeness (QED) is 0.525. The van der Waals surface area contributed by atoms with Crippen LogP contribution in [0.1, 0.15) is 65.7 Å². The van der Waals surface area contributed by atoms with Crippen LogP contribution in [0.3, 0.4) is 0 Å². The van der Waals surface area contributed by atoms with Gasteiger partial charge in [-0.1, -0.05) is 39.7 Å². The molecular weight excluding hydrogens is 192 g/mol. The van der Waals surface area contributed by atoms with Crippen LogP contribution in [0.2, 0.25) is 0 Å². The van der Waals surface area contributed by atoms with Gasteiger partial charge in [-0.2, -0.15) is 0 Å². The van der Waals surface area contributed by atoms with Crippen molar-refractivity contribution >= 4 is 0 Å². The lowest BCUT2D eigenvalue weighted by Gasteiger charge is -2.31. The van der Waals surface area contributed by atoms with Gasteiger partial charge >= 0.3 is 0 Å². The molecule has 0 heteroatoms. The summed E-state index contributed by atoms with van der Waals surface area (Å²) in [6.07, 6.45) is 12.1. The second-order valence-corrected chi connectivity index (χ2v) is 5.98. The van der Waals surface area contributed by atoms with Gasteiger partial charge in [0.1, 0.15) is 0 Å². The maximum Gasteiger partial charge on any atom is -0.0239 e. The lowest BCUT2D eigenvalue weighted by Crippen LogP contribution is -2.19. The van der Waals surface area contributed by atoms with Gasteiger partial charge in [-0.3, -0.25) is 0 Å². The molecule has 1 saturated carbocycles. The third-order valence-corrected chi connectivity index (χ3v) is 4.72. The average Bonchev–Trinajstić information content (AvgIpc) is 2.31. The molecule has 0 nitrogen and oxygen atoms in total. The van der Waals surface area contributed by atoms with Crippen molar-refractivity contribution in [2.24, 2.45) is 23.7 Å². The van der Waals surface area contributed by atoms with Gasteiger partial charge in [-0.25, -0.2) is 0 Å². The Hall–Kier alpha value is -0.260. The van der Waals surface area contributed by atoms with Gasteiger partial charge in [-0.05, 0) is 55.8 Å². The van der Waals surface area contributed by atoms with Crippen LogP contribution in [-0.4, -0.2) is 0 Å². The normalized spacial score (nSPS) is 29.7. The Morgan fingerprint density at radius 2 is 1.81 bits per heavy atom. The van der Waals surface area contributed by atoms with Gasteiger partial charge in [0.25, 0.3) is 0 Å². The van der Waals surface area contributed by atoms with E-state index in [1.54, 1.807) is 0 Å². The van der Waals surface area contributed by atoms with E-state index in [9.17, 15) is 0 Å². The van der Waals surface area contributed by atoms with Gasteiger partial charge in [0.15, 0.2) is 0 Å². The Bertz CT molecular complexity index is 186. The fraction of sp³-hybridized carbons (Fsp3) is 0.875. The Kier molecular flexibility index (Phi) is 6.16. The van der Waals surface area contributed by atoms with Crippen molar-refractivity contribution in [1.29, 1.82) is 0 Å². The van der Waals surface area contributed by atoms with Crippen molar-refractivity contribution in [2.75, 3.05) is 0 Å². The molecule has 1 aliphatic carbocycles. The minimum atomic E-state index is 0.755. The molecule has 2 unspecified atom stereocenters. The minimum Gasteiger partial charge on any atom is -0.103 e. The maximum atomic E-state index is 3.93. The molecule has 0 saturated heterocycles. The first-order chi connectivity index (χ1) is 7.67. The highest BCUT2D eigenvalue weighted by molar-refractivity contribution is 4.80. The summed E-state index contributed by atoms with van der Waals surface area (Å²) in [5, 5.41) is 0. The number of allylic oxidation sites excluding steroid dienone is 1. The molecular formula is C16H30. The standard InChI is InChI=1S/C16H30/c1-5-15(6-2)10-9-14(4)16-11-7-13(3)8-12-16/h5,13-16H,1,6-12H2,2-4H3. The molecule has 0 aromatic rings. The van der Waals surface area contributed by atoms with Crippen LogP contribution in [-0.2, 0) is 0 Å². The van der Waals surface area contributed by atoms with E-state index in [0.717, 1.165) is 23.7 Å². The topological polar surface area (TPSA) is 0 Å². The molecule has 1 fully saturated rings. The predicted octanol–water partition coefficient (Wildman–Crippen LogP) is 5.44. The molecule has 0 heterocycles. The Balaban J connectivity index is 2.23. The zero-order valence-corrected chi connectivity index (χ0v) is 11.5. The van der Waals surface area contributed by atoms with Crippen molar-refractivity contribution in [3.63, 3.8) is 0 Å². The van der Waals surface area contributed by atoms with Crippen molar-refractivity contribution < 1.29 is 0 Å². The van der Waals surface area contributed by atoms with Crippen LogP contribution in [0.5, 0.6) is 0 Å². The highest BCUT2D eigenvalue weighted by atomic mass is 14.3. The van der Waals surface area contributed by atoms with Crippen molar-refractivity contribution in [3.8, 4) is 0 Å². The van der Waals surface area contributed by atoms with Crippen LogP contribution < -0.4 is 0 Å². The maximum absolute atomic E-state index is 3.93. The molecule has 94 valence electrons. The van der Waals surface area contributed by atoms with E-state index in [2.05, 4.69) is 33.4 Å². The second-order valence-electron chi connectivity index (χ2n) is 5.98. The van der Waals surface area contributed by atoms with Gasteiger partial charge in [-0.15, -0.1) is 6.58 Å². The van der Waals surface area contributed by atoms with Crippen LogP contribution in [0.25, 0.3) is 0 Å². The fourth-order valence-corrected chi connectivity index (χ4v) is 3.06. The van der Waals surface area contributed by atoms with E-state index < -0.39 is 0 Å². The SMILES string of the molecule is C=CC(CC)CCC(C)C1CCC(C)CC1. The van der Waals surface area contributed by atoms with E-state index in [0.29, 0.717) is 0 Å². The molecule has 0 bridgehead atoms. The molecule has 0 aromatic carbocycles. The molecule has 0 radical (unpaired) electrons. The van der Waals surface area contributed by atoms with E-state index >= 15 is 0 Å². The van der Waals surface area contributed by atoms with Gasteiger partial charge in [0.2, 0.25) is 0 Å². The minimum absolute atomic E-state index is 0.755. The molecule has 2 atom stereocenters. The summed E-state index contributed by atoms with van der Waals surface area (Å²) in [5.74, 6) is 3.69. The molecule has 1 aliphatic rings.